The molecule has 0 aromatic heterocycles. The zero-order valence-electron chi connectivity index (χ0n) is 8.62. The van der Waals surface area contributed by atoms with Crippen LogP contribution in [0.5, 0.6) is 0 Å². The summed E-state index contributed by atoms with van der Waals surface area (Å²) in [4.78, 5) is 0. The summed E-state index contributed by atoms with van der Waals surface area (Å²) in [5, 5.41) is 2.66. The zero-order chi connectivity index (χ0) is 10.5. The van der Waals surface area contributed by atoms with Crippen molar-refractivity contribution in [3.63, 3.8) is 0 Å². The molecule has 72 valence electrons. The molecule has 0 amide bonds. The van der Waals surface area contributed by atoms with Gasteiger partial charge in [0, 0.05) is 5.57 Å². The number of hydrogen-bond donors (Lipinski definition) is 0. The fourth-order valence-electron chi connectivity index (χ4n) is 2.60. The first-order chi connectivity index (χ1) is 7.95. The molecule has 16 heavy (non-hydrogen) atoms. The number of rotatable bonds is 0. The van der Waals surface area contributed by atoms with Gasteiger partial charge in [0.2, 0.25) is 0 Å². The number of fused-ring (bicyclic) bond motifs is 3. The summed E-state index contributed by atoms with van der Waals surface area (Å²) in [6, 6.07) is 12.9. The largest absolute Gasteiger partial charge is 0.0695 e. The molecule has 0 N–H and O–H groups in total. The minimum absolute atomic E-state index is 1.19. The van der Waals surface area contributed by atoms with Crippen molar-refractivity contribution in [3.8, 4) is 0 Å². The number of benzene rings is 2. The Kier molecular flexibility index (Phi) is 1.32. The van der Waals surface area contributed by atoms with Crippen molar-refractivity contribution in [1.82, 2.24) is 0 Å². The Morgan fingerprint density at radius 3 is 2.56 bits per heavy atom. The maximum Gasteiger partial charge on any atom is 0.0406 e. The first-order valence-corrected chi connectivity index (χ1v) is 5.40. The molecule has 0 bridgehead atoms. The van der Waals surface area contributed by atoms with Crippen molar-refractivity contribution in [1.29, 1.82) is 0 Å². The summed E-state index contributed by atoms with van der Waals surface area (Å²) in [5.41, 5.74) is 11.4. The van der Waals surface area contributed by atoms with E-state index in [2.05, 4.69) is 53.9 Å². The molecule has 0 spiro atoms. The monoisotopic (exact) mass is 200 g/mol. The first-order valence-electron chi connectivity index (χ1n) is 5.40. The van der Waals surface area contributed by atoms with Crippen molar-refractivity contribution >= 4 is 21.9 Å². The summed E-state index contributed by atoms with van der Waals surface area (Å²) >= 11 is 0. The molecule has 2 aromatic carbocycles. The maximum atomic E-state index is 3.23. The lowest BCUT2D eigenvalue weighted by atomic mass is 10.0. The Morgan fingerprint density at radius 2 is 1.69 bits per heavy atom. The third kappa shape index (κ3) is 0.816. The van der Waals surface area contributed by atoms with E-state index in [9.17, 15) is 0 Å². The lowest BCUT2D eigenvalue weighted by molar-refractivity contribution is 1.72. The second kappa shape index (κ2) is 2.65. The van der Waals surface area contributed by atoms with E-state index in [4.69, 9.17) is 0 Å². The van der Waals surface area contributed by atoms with Gasteiger partial charge in [-0.15, -0.1) is 0 Å². The van der Waals surface area contributed by atoms with Crippen LogP contribution in [0.4, 0.5) is 0 Å². The highest BCUT2D eigenvalue weighted by atomic mass is 14.2. The predicted molar refractivity (Wildman–Crippen MR) is 66.9 cm³/mol. The smallest absolute Gasteiger partial charge is 0.0406 e. The van der Waals surface area contributed by atoms with Gasteiger partial charge in [0.1, 0.15) is 0 Å². The minimum Gasteiger partial charge on any atom is -0.0695 e. The van der Waals surface area contributed by atoms with Crippen LogP contribution in [0.3, 0.4) is 0 Å². The van der Waals surface area contributed by atoms with Crippen LogP contribution in [0.25, 0.3) is 21.9 Å². The second-order valence-electron chi connectivity index (χ2n) is 4.10. The van der Waals surface area contributed by atoms with Gasteiger partial charge >= 0.3 is 0 Å². The van der Waals surface area contributed by atoms with E-state index in [0.29, 0.717) is 0 Å². The quantitative estimate of drug-likeness (QED) is 0.565. The summed E-state index contributed by atoms with van der Waals surface area (Å²) in [6.07, 6.45) is 4.06. The standard InChI is InChI=1S/C16H8/c1-2-8-13-12(7-1)14-9-3-5-11-6-4-10-15(13)16(11)14/h1,3-7,9-10H. The van der Waals surface area contributed by atoms with E-state index in [1.807, 2.05) is 6.08 Å². The Labute approximate surface area is 93.5 Å². The number of allylic oxidation sites excluding steroid dienone is 4. The number of hydrogen-bond acceptors (Lipinski definition) is 0. The molecule has 0 saturated carbocycles. The Hall–Kier alpha value is -2.26. The molecule has 0 fully saturated rings. The average molecular weight is 200 g/mol. The van der Waals surface area contributed by atoms with Crippen molar-refractivity contribution < 1.29 is 0 Å². The van der Waals surface area contributed by atoms with Crippen molar-refractivity contribution in [2.24, 2.45) is 0 Å². The normalized spacial score (nSPS) is 15.0. The highest BCUT2D eigenvalue weighted by molar-refractivity contribution is 6.22. The van der Waals surface area contributed by atoms with Crippen molar-refractivity contribution in [2.75, 3.05) is 0 Å². The van der Waals surface area contributed by atoms with E-state index in [1.54, 1.807) is 0 Å². The molecule has 2 aliphatic carbocycles. The molecule has 4 rings (SSSR count). The molecule has 0 nitrogen and oxygen atoms in total. The van der Waals surface area contributed by atoms with Gasteiger partial charge in [-0.1, -0.05) is 47.9 Å². The van der Waals surface area contributed by atoms with Crippen LogP contribution in [-0.4, -0.2) is 0 Å². The zero-order valence-corrected chi connectivity index (χ0v) is 8.62. The van der Waals surface area contributed by atoms with Gasteiger partial charge in [-0.3, -0.25) is 0 Å². The van der Waals surface area contributed by atoms with Crippen LogP contribution >= 0.6 is 0 Å². The van der Waals surface area contributed by atoms with E-state index in [0.717, 1.165) is 0 Å². The Bertz CT molecular complexity index is 754. The molecule has 0 heteroatoms. The van der Waals surface area contributed by atoms with Crippen LogP contribution in [0.1, 0.15) is 11.1 Å². The van der Waals surface area contributed by atoms with Gasteiger partial charge in [0.15, 0.2) is 0 Å². The summed E-state index contributed by atoms with van der Waals surface area (Å²) < 4.78 is 0. The highest BCUT2D eigenvalue weighted by Gasteiger charge is 2.23. The Balaban J connectivity index is 2.32. The van der Waals surface area contributed by atoms with E-state index in [1.165, 1.54) is 33.0 Å². The second-order valence-corrected chi connectivity index (χ2v) is 4.10. The minimum atomic E-state index is 1.19. The molecular weight excluding hydrogens is 192 g/mol. The molecule has 0 unspecified atom stereocenters. The van der Waals surface area contributed by atoms with E-state index < -0.39 is 0 Å². The Morgan fingerprint density at radius 1 is 0.875 bits per heavy atom. The molecule has 2 aliphatic rings. The topological polar surface area (TPSA) is 0 Å². The molecule has 0 saturated heterocycles. The first kappa shape index (κ1) is 7.96. The van der Waals surface area contributed by atoms with E-state index >= 15 is 0 Å². The fraction of sp³-hybridized carbons (Fsp3) is 0. The molecule has 0 aliphatic heterocycles. The SMILES string of the molecule is C1=C=C2C(=CC=1)c1cccc3cccc2c13. The van der Waals surface area contributed by atoms with Crippen LogP contribution in [0.2, 0.25) is 0 Å². The molecular formula is C16H8. The highest BCUT2D eigenvalue weighted by Crippen LogP contribution is 2.45. The summed E-state index contributed by atoms with van der Waals surface area (Å²) in [6.45, 7) is 0. The van der Waals surface area contributed by atoms with Gasteiger partial charge < -0.3 is 0 Å². The van der Waals surface area contributed by atoms with Gasteiger partial charge in [0.25, 0.3) is 0 Å². The fourth-order valence-corrected chi connectivity index (χ4v) is 2.60. The molecule has 0 heterocycles. The average Bonchev–Trinajstić information content (AvgIpc) is 2.68. The van der Waals surface area contributed by atoms with Crippen molar-refractivity contribution in [2.45, 2.75) is 0 Å². The molecule has 2 aromatic rings. The lowest BCUT2D eigenvalue weighted by Gasteiger charge is -2.00. The van der Waals surface area contributed by atoms with Gasteiger partial charge in [-0.25, -0.2) is 0 Å². The molecule has 0 radical (unpaired) electrons. The summed E-state index contributed by atoms with van der Waals surface area (Å²) in [7, 11) is 0. The van der Waals surface area contributed by atoms with E-state index in [-0.39, 0.29) is 0 Å². The van der Waals surface area contributed by atoms with Crippen LogP contribution in [0, 0.1) is 0 Å². The third-order valence-electron chi connectivity index (χ3n) is 3.26. The van der Waals surface area contributed by atoms with Gasteiger partial charge in [-0.05, 0) is 39.6 Å². The lowest BCUT2D eigenvalue weighted by Crippen LogP contribution is -1.79. The third-order valence-corrected chi connectivity index (χ3v) is 3.26. The van der Waals surface area contributed by atoms with Gasteiger partial charge in [-0.2, -0.15) is 0 Å². The van der Waals surface area contributed by atoms with Crippen molar-refractivity contribution in [3.05, 3.63) is 71.1 Å². The summed E-state index contributed by atoms with van der Waals surface area (Å²) in [5.74, 6) is 0. The predicted octanol–water partition coefficient (Wildman–Crippen LogP) is 3.94. The van der Waals surface area contributed by atoms with Crippen LogP contribution in [0.15, 0.2) is 60.0 Å². The maximum absolute atomic E-state index is 3.23. The van der Waals surface area contributed by atoms with Gasteiger partial charge in [0.05, 0.1) is 0 Å². The molecule has 0 atom stereocenters. The van der Waals surface area contributed by atoms with Crippen LogP contribution in [-0.2, 0) is 0 Å². The van der Waals surface area contributed by atoms with Crippen LogP contribution < -0.4 is 0 Å².